The summed E-state index contributed by atoms with van der Waals surface area (Å²) in [6, 6.07) is 8.16. The monoisotopic (exact) mass is 246 g/mol. The number of hydrogen-bond acceptors (Lipinski definition) is 3. The number of fused-ring (bicyclic) bond motifs is 1. The molecular weight excluding hydrogens is 232 g/mol. The molecule has 17 heavy (non-hydrogen) atoms. The molecule has 0 radical (unpaired) electrons. The molecule has 3 nitrogen and oxygen atoms in total. The predicted molar refractivity (Wildman–Crippen MR) is 70.6 cm³/mol. The highest BCUT2D eigenvalue weighted by molar-refractivity contribution is 7.21. The molecule has 1 fully saturated rings. The third kappa shape index (κ3) is 1.73. The van der Waals surface area contributed by atoms with Crippen LogP contribution in [0, 0.1) is 0 Å². The van der Waals surface area contributed by atoms with E-state index < -0.39 is 0 Å². The maximum absolute atomic E-state index is 11.6. The van der Waals surface area contributed by atoms with Gasteiger partial charge in [0.25, 0.3) is 5.91 Å². The van der Waals surface area contributed by atoms with Gasteiger partial charge >= 0.3 is 0 Å². The lowest BCUT2D eigenvalue weighted by molar-refractivity contribution is 0.100. The molecule has 1 aliphatic heterocycles. The van der Waals surface area contributed by atoms with Crippen LogP contribution in [-0.2, 0) is 0 Å². The van der Waals surface area contributed by atoms with E-state index in [4.69, 9.17) is 5.73 Å². The molecule has 1 aromatic carbocycles. The van der Waals surface area contributed by atoms with Gasteiger partial charge in [0.15, 0.2) is 0 Å². The second kappa shape index (κ2) is 4.13. The SMILES string of the molecule is NC(=O)c1sc2ccccc2c1[C@@H]1CCNC1. The van der Waals surface area contributed by atoms with Crippen molar-refractivity contribution < 1.29 is 4.79 Å². The minimum Gasteiger partial charge on any atom is -0.365 e. The first kappa shape index (κ1) is 10.7. The van der Waals surface area contributed by atoms with Crippen LogP contribution in [0.25, 0.3) is 10.1 Å². The number of nitrogens with one attached hydrogen (secondary N) is 1. The summed E-state index contributed by atoms with van der Waals surface area (Å²) in [5.74, 6) is 0.127. The van der Waals surface area contributed by atoms with Gasteiger partial charge in [0.1, 0.15) is 0 Å². The Kier molecular flexibility index (Phi) is 2.61. The summed E-state index contributed by atoms with van der Waals surface area (Å²) in [6.07, 6.45) is 1.08. The molecule has 0 spiro atoms. The van der Waals surface area contributed by atoms with E-state index in [1.54, 1.807) is 0 Å². The third-order valence-electron chi connectivity index (χ3n) is 3.33. The van der Waals surface area contributed by atoms with E-state index in [1.807, 2.05) is 12.1 Å². The number of carbonyl (C=O) groups is 1. The van der Waals surface area contributed by atoms with Gasteiger partial charge in [-0.2, -0.15) is 0 Å². The molecule has 0 unspecified atom stereocenters. The first-order chi connectivity index (χ1) is 8.27. The topological polar surface area (TPSA) is 55.1 Å². The largest absolute Gasteiger partial charge is 0.365 e. The second-order valence-corrected chi connectivity index (χ2v) is 5.45. The van der Waals surface area contributed by atoms with E-state index in [1.165, 1.54) is 16.7 Å². The lowest BCUT2D eigenvalue weighted by Gasteiger charge is -2.09. The van der Waals surface area contributed by atoms with Crippen LogP contribution >= 0.6 is 11.3 Å². The van der Waals surface area contributed by atoms with Crippen LogP contribution in [0.2, 0.25) is 0 Å². The maximum atomic E-state index is 11.6. The standard InChI is InChI=1S/C13H14N2OS/c14-13(16)12-11(8-5-6-15-7-8)9-3-1-2-4-10(9)17-12/h1-4,8,15H,5-7H2,(H2,14,16)/t8-/m1/s1. The van der Waals surface area contributed by atoms with Gasteiger partial charge < -0.3 is 11.1 Å². The molecule has 1 aromatic heterocycles. The highest BCUT2D eigenvalue weighted by Gasteiger charge is 2.25. The Bertz CT molecular complexity index is 570. The van der Waals surface area contributed by atoms with Crippen molar-refractivity contribution >= 4 is 27.3 Å². The first-order valence-electron chi connectivity index (χ1n) is 5.79. The Morgan fingerprint density at radius 3 is 2.94 bits per heavy atom. The van der Waals surface area contributed by atoms with Crippen molar-refractivity contribution in [3.8, 4) is 0 Å². The van der Waals surface area contributed by atoms with Crippen LogP contribution in [0.15, 0.2) is 24.3 Å². The van der Waals surface area contributed by atoms with Crippen LogP contribution in [0.5, 0.6) is 0 Å². The van der Waals surface area contributed by atoms with E-state index >= 15 is 0 Å². The molecule has 1 aliphatic rings. The van der Waals surface area contributed by atoms with Gasteiger partial charge in [-0.15, -0.1) is 11.3 Å². The van der Waals surface area contributed by atoms with E-state index in [-0.39, 0.29) is 5.91 Å². The Balaban J connectivity index is 2.24. The highest BCUT2D eigenvalue weighted by atomic mass is 32.1. The van der Waals surface area contributed by atoms with Crippen molar-refractivity contribution in [2.24, 2.45) is 5.73 Å². The van der Waals surface area contributed by atoms with Gasteiger partial charge in [-0.25, -0.2) is 0 Å². The van der Waals surface area contributed by atoms with Crippen molar-refractivity contribution in [2.45, 2.75) is 12.3 Å². The van der Waals surface area contributed by atoms with Crippen molar-refractivity contribution in [1.29, 1.82) is 0 Å². The van der Waals surface area contributed by atoms with E-state index in [0.29, 0.717) is 5.92 Å². The number of thiophene rings is 1. The van der Waals surface area contributed by atoms with Crippen LogP contribution in [-0.4, -0.2) is 19.0 Å². The van der Waals surface area contributed by atoms with Crippen LogP contribution in [0.3, 0.4) is 0 Å². The maximum Gasteiger partial charge on any atom is 0.259 e. The number of rotatable bonds is 2. The second-order valence-electron chi connectivity index (χ2n) is 4.39. The lowest BCUT2D eigenvalue weighted by atomic mass is 9.95. The smallest absolute Gasteiger partial charge is 0.259 e. The quantitative estimate of drug-likeness (QED) is 0.852. The summed E-state index contributed by atoms with van der Waals surface area (Å²) >= 11 is 1.52. The first-order valence-corrected chi connectivity index (χ1v) is 6.61. The number of nitrogens with two attached hydrogens (primary N) is 1. The predicted octanol–water partition coefficient (Wildman–Crippen LogP) is 2.08. The molecular formula is C13H14N2OS. The molecule has 3 rings (SSSR count). The average molecular weight is 246 g/mol. The van der Waals surface area contributed by atoms with E-state index in [9.17, 15) is 4.79 Å². The molecule has 4 heteroatoms. The van der Waals surface area contributed by atoms with Crippen molar-refractivity contribution in [3.05, 3.63) is 34.7 Å². The molecule has 2 heterocycles. The summed E-state index contributed by atoms with van der Waals surface area (Å²) in [5, 5.41) is 4.54. The minimum absolute atomic E-state index is 0.298. The van der Waals surface area contributed by atoms with E-state index in [0.717, 1.165) is 34.7 Å². The van der Waals surface area contributed by atoms with Crippen molar-refractivity contribution in [2.75, 3.05) is 13.1 Å². The third-order valence-corrected chi connectivity index (χ3v) is 4.53. The number of hydrogen-bond donors (Lipinski definition) is 2. The highest BCUT2D eigenvalue weighted by Crippen LogP contribution is 2.38. The summed E-state index contributed by atoms with van der Waals surface area (Å²) in [6.45, 7) is 1.97. The Labute approximate surface area is 104 Å². The molecule has 1 saturated heterocycles. The Morgan fingerprint density at radius 1 is 1.41 bits per heavy atom. The van der Waals surface area contributed by atoms with E-state index in [2.05, 4.69) is 17.4 Å². The van der Waals surface area contributed by atoms with Gasteiger partial charge in [0, 0.05) is 11.2 Å². The zero-order valence-corrected chi connectivity index (χ0v) is 10.2. The Morgan fingerprint density at radius 2 is 2.24 bits per heavy atom. The van der Waals surface area contributed by atoms with Crippen LogP contribution in [0.4, 0.5) is 0 Å². The Hall–Kier alpha value is -1.39. The summed E-state index contributed by atoms with van der Waals surface area (Å²) in [5.41, 5.74) is 6.65. The molecule has 1 amide bonds. The number of carbonyl (C=O) groups excluding carboxylic acids is 1. The zero-order chi connectivity index (χ0) is 11.8. The fourth-order valence-corrected chi connectivity index (χ4v) is 3.70. The van der Waals surface area contributed by atoms with Gasteiger partial charge in [-0.1, -0.05) is 18.2 Å². The number of primary amides is 1. The molecule has 0 bridgehead atoms. The van der Waals surface area contributed by atoms with Gasteiger partial charge in [-0.05, 0) is 35.9 Å². The van der Waals surface area contributed by atoms with Gasteiger partial charge in [-0.3, -0.25) is 4.79 Å². The molecule has 1 atom stereocenters. The zero-order valence-electron chi connectivity index (χ0n) is 9.40. The lowest BCUT2D eigenvalue weighted by Crippen LogP contribution is -2.14. The molecule has 88 valence electrons. The number of benzene rings is 1. The summed E-state index contributed by atoms with van der Waals surface area (Å²) in [4.78, 5) is 12.3. The number of amides is 1. The van der Waals surface area contributed by atoms with Crippen LogP contribution in [0.1, 0.15) is 27.6 Å². The molecule has 2 aromatic rings. The normalized spacial score (nSPS) is 19.9. The average Bonchev–Trinajstić information content (AvgIpc) is 2.94. The van der Waals surface area contributed by atoms with Gasteiger partial charge in [0.2, 0.25) is 0 Å². The molecule has 0 saturated carbocycles. The minimum atomic E-state index is -0.298. The van der Waals surface area contributed by atoms with Crippen molar-refractivity contribution in [1.82, 2.24) is 5.32 Å². The fraction of sp³-hybridized carbons (Fsp3) is 0.308. The fourth-order valence-electron chi connectivity index (χ4n) is 2.55. The summed E-state index contributed by atoms with van der Waals surface area (Å²) in [7, 11) is 0. The van der Waals surface area contributed by atoms with Crippen LogP contribution < -0.4 is 11.1 Å². The molecule has 0 aliphatic carbocycles. The van der Waals surface area contributed by atoms with Gasteiger partial charge in [0.05, 0.1) is 4.88 Å². The van der Waals surface area contributed by atoms with Crippen molar-refractivity contribution in [3.63, 3.8) is 0 Å². The summed E-state index contributed by atoms with van der Waals surface area (Å²) < 4.78 is 1.16. The molecule has 3 N–H and O–H groups in total.